The van der Waals surface area contributed by atoms with Gasteiger partial charge in [-0.1, -0.05) is 35.0 Å². The predicted octanol–water partition coefficient (Wildman–Crippen LogP) is 4.37. The first-order chi connectivity index (χ1) is 9.29. The van der Waals surface area contributed by atoms with E-state index >= 15 is 0 Å². The standard InChI is InChI=1S/C16H20BrNO/c1-2-18-9-3-4-10-19-16-8-6-13-11-15(17)7-5-14(13)12-16/h5-8,11-12,18H,2-4,9-10H2,1H3. The molecule has 0 heterocycles. The molecule has 3 heteroatoms. The number of benzene rings is 2. The van der Waals surface area contributed by atoms with Gasteiger partial charge in [-0.05, 0) is 61.0 Å². The van der Waals surface area contributed by atoms with Gasteiger partial charge in [0.25, 0.3) is 0 Å². The minimum atomic E-state index is 0.785. The van der Waals surface area contributed by atoms with Gasteiger partial charge in [0.05, 0.1) is 6.61 Å². The highest BCUT2D eigenvalue weighted by Gasteiger charge is 1.98. The molecule has 1 N–H and O–H groups in total. The van der Waals surface area contributed by atoms with Crippen molar-refractivity contribution in [2.24, 2.45) is 0 Å². The second kappa shape index (κ2) is 7.51. The smallest absolute Gasteiger partial charge is 0.119 e. The number of hydrogen-bond acceptors (Lipinski definition) is 2. The summed E-state index contributed by atoms with van der Waals surface area (Å²) in [7, 11) is 0. The summed E-state index contributed by atoms with van der Waals surface area (Å²) in [5.41, 5.74) is 0. The third-order valence-electron chi connectivity index (χ3n) is 3.04. The molecule has 2 rings (SSSR count). The zero-order chi connectivity index (χ0) is 13.5. The molecule has 0 amide bonds. The Morgan fingerprint density at radius 1 is 1.05 bits per heavy atom. The summed E-state index contributed by atoms with van der Waals surface area (Å²) in [4.78, 5) is 0. The summed E-state index contributed by atoms with van der Waals surface area (Å²) < 4.78 is 6.89. The van der Waals surface area contributed by atoms with Crippen molar-refractivity contribution in [1.29, 1.82) is 0 Å². The molecule has 0 unspecified atom stereocenters. The Bertz CT molecular complexity index is 527. The van der Waals surface area contributed by atoms with E-state index in [1.165, 1.54) is 10.8 Å². The molecule has 0 aliphatic heterocycles. The molecule has 0 bridgehead atoms. The fourth-order valence-corrected chi connectivity index (χ4v) is 2.38. The van der Waals surface area contributed by atoms with Crippen molar-refractivity contribution in [3.63, 3.8) is 0 Å². The number of hydrogen-bond donors (Lipinski definition) is 1. The second-order valence-electron chi connectivity index (χ2n) is 4.56. The average molecular weight is 322 g/mol. The van der Waals surface area contributed by atoms with Crippen LogP contribution in [0.4, 0.5) is 0 Å². The molecule has 0 aliphatic rings. The molecule has 102 valence electrons. The van der Waals surface area contributed by atoms with Crippen LogP contribution >= 0.6 is 15.9 Å². The van der Waals surface area contributed by atoms with E-state index in [1.54, 1.807) is 0 Å². The van der Waals surface area contributed by atoms with Crippen LogP contribution in [-0.2, 0) is 0 Å². The van der Waals surface area contributed by atoms with Crippen molar-refractivity contribution in [2.75, 3.05) is 19.7 Å². The van der Waals surface area contributed by atoms with Crippen LogP contribution < -0.4 is 10.1 Å². The molecule has 2 aromatic carbocycles. The van der Waals surface area contributed by atoms with E-state index in [-0.39, 0.29) is 0 Å². The molecule has 0 fully saturated rings. The zero-order valence-electron chi connectivity index (χ0n) is 11.3. The van der Waals surface area contributed by atoms with E-state index in [1.807, 2.05) is 6.07 Å². The van der Waals surface area contributed by atoms with Crippen LogP contribution in [0.1, 0.15) is 19.8 Å². The van der Waals surface area contributed by atoms with Gasteiger partial charge in [-0.15, -0.1) is 0 Å². The third kappa shape index (κ3) is 4.51. The zero-order valence-corrected chi connectivity index (χ0v) is 12.9. The second-order valence-corrected chi connectivity index (χ2v) is 5.48. The SMILES string of the molecule is CCNCCCCOc1ccc2cc(Br)ccc2c1. The molecular formula is C16H20BrNO. The fraction of sp³-hybridized carbons (Fsp3) is 0.375. The van der Waals surface area contributed by atoms with Gasteiger partial charge in [0.15, 0.2) is 0 Å². The first-order valence-electron chi connectivity index (χ1n) is 6.82. The van der Waals surface area contributed by atoms with Crippen LogP contribution in [0, 0.1) is 0 Å². The minimum absolute atomic E-state index is 0.785. The molecule has 19 heavy (non-hydrogen) atoms. The summed E-state index contributed by atoms with van der Waals surface area (Å²) in [6.07, 6.45) is 2.25. The predicted molar refractivity (Wildman–Crippen MR) is 84.9 cm³/mol. The Balaban J connectivity index is 1.86. The maximum Gasteiger partial charge on any atom is 0.119 e. The molecule has 0 radical (unpaired) electrons. The number of fused-ring (bicyclic) bond motifs is 1. The van der Waals surface area contributed by atoms with Crippen molar-refractivity contribution in [3.8, 4) is 5.75 Å². The monoisotopic (exact) mass is 321 g/mol. The first kappa shape index (κ1) is 14.4. The van der Waals surface area contributed by atoms with E-state index in [9.17, 15) is 0 Å². The lowest BCUT2D eigenvalue weighted by molar-refractivity contribution is 0.306. The van der Waals surface area contributed by atoms with E-state index < -0.39 is 0 Å². The van der Waals surface area contributed by atoms with E-state index in [4.69, 9.17) is 4.74 Å². The highest BCUT2D eigenvalue weighted by molar-refractivity contribution is 9.10. The van der Waals surface area contributed by atoms with Gasteiger partial charge >= 0.3 is 0 Å². The Kier molecular flexibility index (Phi) is 5.67. The van der Waals surface area contributed by atoms with Crippen LogP contribution in [0.5, 0.6) is 5.75 Å². The van der Waals surface area contributed by atoms with Crippen LogP contribution in [0.2, 0.25) is 0 Å². The lowest BCUT2D eigenvalue weighted by Gasteiger charge is -2.07. The van der Waals surface area contributed by atoms with E-state index in [0.717, 1.165) is 42.8 Å². The number of nitrogens with one attached hydrogen (secondary N) is 1. The van der Waals surface area contributed by atoms with Crippen molar-refractivity contribution in [2.45, 2.75) is 19.8 Å². The van der Waals surface area contributed by atoms with Crippen molar-refractivity contribution in [1.82, 2.24) is 5.32 Å². The van der Waals surface area contributed by atoms with Crippen LogP contribution in [0.3, 0.4) is 0 Å². The lowest BCUT2D eigenvalue weighted by atomic mass is 10.1. The van der Waals surface area contributed by atoms with Crippen LogP contribution in [0.15, 0.2) is 40.9 Å². The van der Waals surface area contributed by atoms with Gasteiger partial charge in [0, 0.05) is 4.47 Å². The summed E-state index contributed by atoms with van der Waals surface area (Å²) in [6.45, 7) is 5.03. The largest absolute Gasteiger partial charge is 0.494 e. The summed E-state index contributed by atoms with van der Waals surface area (Å²) >= 11 is 3.49. The molecule has 0 aromatic heterocycles. The lowest BCUT2D eigenvalue weighted by Crippen LogP contribution is -2.14. The van der Waals surface area contributed by atoms with Gasteiger partial charge in [-0.25, -0.2) is 0 Å². The maximum atomic E-state index is 5.79. The van der Waals surface area contributed by atoms with Crippen LogP contribution in [-0.4, -0.2) is 19.7 Å². The average Bonchev–Trinajstić information content (AvgIpc) is 2.43. The topological polar surface area (TPSA) is 21.3 Å². The van der Waals surface area contributed by atoms with Gasteiger partial charge < -0.3 is 10.1 Å². The quantitative estimate of drug-likeness (QED) is 0.764. The van der Waals surface area contributed by atoms with Crippen molar-refractivity contribution < 1.29 is 4.74 Å². The Morgan fingerprint density at radius 2 is 1.84 bits per heavy atom. The normalized spacial score (nSPS) is 10.8. The highest BCUT2D eigenvalue weighted by atomic mass is 79.9. The molecule has 0 atom stereocenters. The highest BCUT2D eigenvalue weighted by Crippen LogP contribution is 2.24. The fourth-order valence-electron chi connectivity index (χ4n) is 2.00. The summed E-state index contributed by atoms with van der Waals surface area (Å²) in [5, 5.41) is 5.76. The molecule has 0 spiro atoms. The Hall–Kier alpha value is -1.06. The summed E-state index contributed by atoms with van der Waals surface area (Å²) in [6, 6.07) is 12.5. The molecule has 0 saturated carbocycles. The van der Waals surface area contributed by atoms with Gasteiger partial charge in [-0.3, -0.25) is 0 Å². The van der Waals surface area contributed by atoms with E-state index in [2.05, 4.69) is 58.5 Å². The third-order valence-corrected chi connectivity index (χ3v) is 3.53. The number of halogens is 1. The molecule has 2 nitrogen and oxygen atoms in total. The molecule has 0 aliphatic carbocycles. The number of unbranched alkanes of at least 4 members (excludes halogenated alkanes) is 1. The number of rotatable bonds is 7. The summed E-state index contributed by atoms with van der Waals surface area (Å²) in [5.74, 6) is 0.957. The molecule has 0 saturated heterocycles. The Labute approximate surface area is 123 Å². The maximum absolute atomic E-state index is 5.79. The minimum Gasteiger partial charge on any atom is -0.494 e. The van der Waals surface area contributed by atoms with Gasteiger partial charge in [-0.2, -0.15) is 0 Å². The van der Waals surface area contributed by atoms with Gasteiger partial charge in [0.2, 0.25) is 0 Å². The molecule has 2 aromatic rings. The van der Waals surface area contributed by atoms with Crippen molar-refractivity contribution >= 4 is 26.7 Å². The van der Waals surface area contributed by atoms with Gasteiger partial charge in [0.1, 0.15) is 5.75 Å². The Morgan fingerprint density at radius 3 is 2.68 bits per heavy atom. The van der Waals surface area contributed by atoms with E-state index in [0.29, 0.717) is 0 Å². The van der Waals surface area contributed by atoms with Crippen LogP contribution in [0.25, 0.3) is 10.8 Å². The number of ether oxygens (including phenoxy) is 1. The first-order valence-corrected chi connectivity index (χ1v) is 7.62. The molecular weight excluding hydrogens is 302 g/mol. The van der Waals surface area contributed by atoms with Crippen molar-refractivity contribution in [3.05, 3.63) is 40.9 Å².